The largest absolute Gasteiger partial charge is 0.378 e. The Morgan fingerprint density at radius 2 is 2.09 bits per heavy atom. The highest BCUT2D eigenvalue weighted by atomic mass is 35.5. The SMILES string of the molecule is O=C(NCc1cccc(Cl)c1)c1ccc(N2CCOCC2)nc1. The summed E-state index contributed by atoms with van der Waals surface area (Å²) in [5, 5.41) is 3.53. The fourth-order valence-corrected chi connectivity index (χ4v) is 2.64. The molecule has 5 nitrogen and oxygen atoms in total. The first-order valence-corrected chi connectivity index (χ1v) is 7.91. The maximum absolute atomic E-state index is 12.2. The van der Waals surface area contributed by atoms with Crippen LogP contribution in [0.4, 0.5) is 5.82 Å². The zero-order chi connectivity index (χ0) is 16.1. The van der Waals surface area contributed by atoms with Crippen LogP contribution in [0.1, 0.15) is 15.9 Å². The van der Waals surface area contributed by atoms with Crippen LogP contribution in [-0.2, 0) is 11.3 Å². The second kappa shape index (κ2) is 7.44. The normalized spacial score (nSPS) is 14.6. The number of aromatic nitrogens is 1. The molecule has 0 saturated carbocycles. The van der Waals surface area contributed by atoms with Crippen molar-refractivity contribution in [2.75, 3.05) is 31.2 Å². The van der Waals surface area contributed by atoms with E-state index in [0.717, 1.165) is 24.5 Å². The van der Waals surface area contributed by atoms with E-state index in [2.05, 4.69) is 15.2 Å². The lowest BCUT2D eigenvalue weighted by atomic mass is 10.2. The third-order valence-electron chi connectivity index (χ3n) is 3.69. The third-order valence-corrected chi connectivity index (χ3v) is 3.92. The number of hydrogen-bond acceptors (Lipinski definition) is 4. The number of amides is 1. The summed E-state index contributed by atoms with van der Waals surface area (Å²) in [5.74, 6) is 0.727. The number of nitrogens with one attached hydrogen (secondary N) is 1. The van der Waals surface area contributed by atoms with Crippen LogP contribution < -0.4 is 10.2 Å². The molecule has 1 aromatic carbocycles. The number of anilines is 1. The molecule has 3 rings (SSSR count). The molecule has 0 bridgehead atoms. The Bertz CT molecular complexity index is 670. The van der Waals surface area contributed by atoms with Gasteiger partial charge in [0.2, 0.25) is 0 Å². The minimum absolute atomic E-state index is 0.147. The molecule has 120 valence electrons. The minimum Gasteiger partial charge on any atom is -0.378 e. The Morgan fingerprint density at radius 1 is 1.26 bits per heavy atom. The molecule has 2 heterocycles. The summed E-state index contributed by atoms with van der Waals surface area (Å²) >= 11 is 5.93. The van der Waals surface area contributed by atoms with Crippen LogP contribution in [0.5, 0.6) is 0 Å². The molecule has 0 unspecified atom stereocenters. The number of benzene rings is 1. The van der Waals surface area contributed by atoms with Crippen molar-refractivity contribution in [3.05, 3.63) is 58.7 Å². The first kappa shape index (κ1) is 15.8. The Labute approximate surface area is 140 Å². The van der Waals surface area contributed by atoms with E-state index in [9.17, 15) is 4.79 Å². The fraction of sp³-hybridized carbons (Fsp3) is 0.294. The zero-order valence-corrected chi connectivity index (χ0v) is 13.4. The van der Waals surface area contributed by atoms with Crippen molar-refractivity contribution in [1.29, 1.82) is 0 Å². The van der Waals surface area contributed by atoms with Crippen molar-refractivity contribution in [2.24, 2.45) is 0 Å². The molecule has 1 aromatic heterocycles. The topological polar surface area (TPSA) is 54.5 Å². The van der Waals surface area contributed by atoms with Crippen LogP contribution in [0, 0.1) is 0 Å². The highest BCUT2D eigenvalue weighted by molar-refractivity contribution is 6.30. The predicted molar refractivity (Wildman–Crippen MR) is 89.9 cm³/mol. The predicted octanol–water partition coefficient (Wildman–Crippen LogP) is 2.50. The first-order valence-electron chi connectivity index (χ1n) is 7.54. The molecule has 2 aromatic rings. The highest BCUT2D eigenvalue weighted by Crippen LogP contribution is 2.14. The van der Waals surface area contributed by atoms with E-state index in [4.69, 9.17) is 16.3 Å². The van der Waals surface area contributed by atoms with Crippen molar-refractivity contribution >= 4 is 23.3 Å². The molecule has 1 amide bonds. The van der Waals surface area contributed by atoms with Crippen molar-refractivity contribution in [1.82, 2.24) is 10.3 Å². The van der Waals surface area contributed by atoms with Gasteiger partial charge in [-0.2, -0.15) is 0 Å². The molecular formula is C17H18ClN3O2. The summed E-state index contributed by atoms with van der Waals surface area (Å²) in [5.41, 5.74) is 1.51. The zero-order valence-electron chi connectivity index (χ0n) is 12.7. The van der Waals surface area contributed by atoms with E-state index < -0.39 is 0 Å². The van der Waals surface area contributed by atoms with Crippen LogP contribution in [0.25, 0.3) is 0 Å². The number of carbonyl (C=O) groups is 1. The number of nitrogens with zero attached hydrogens (tertiary/aromatic N) is 2. The molecule has 1 fully saturated rings. The third kappa shape index (κ3) is 4.21. The van der Waals surface area contributed by atoms with Crippen LogP contribution in [0.2, 0.25) is 5.02 Å². The van der Waals surface area contributed by atoms with E-state index in [-0.39, 0.29) is 5.91 Å². The monoisotopic (exact) mass is 331 g/mol. The van der Waals surface area contributed by atoms with Crippen LogP contribution in [0.15, 0.2) is 42.6 Å². The van der Waals surface area contributed by atoms with E-state index in [1.54, 1.807) is 18.3 Å². The molecule has 1 aliphatic rings. The molecule has 0 aliphatic carbocycles. The second-order valence-electron chi connectivity index (χ2n) is 5.32. The van der Waals surface area contributed by atoms with Gasteiger partial charge in [0.1, 0.15) is 5.82 Å². The van der Waals surface area contributed by atoms with Gasteiger partial charge >= 0.3 is 0 Å². The van der Waals surface area contributed by atoms with Crippen molar-refractivity contribution in [2.45, 2.75) is 6.54 Å². The lowest BCUT2D eigenvalue weighted by Crippen LogP contribution is -2.36. The Hall–Kier alpha value is -2.11. The lowest BCUT2D eigenvalue weighted by Gasteiger charge is -2.27. The van der Waals surface area contributed by atoms with Gasteiger partial charge < -0.3 is 15.0 Å². The summed E-state index contributed by atoms with van der Waals surface area (Å²) in [6.45, 7) is 3.51. The minimum atomic E-state index is -0.147. The maximum atomic E-state index is 12.2. The van der Waals surface area contributed by atoms with Gasteiger partial charge in [0.15, 0.2) is 0 Å². The van der Waals surface area contributed by atoms with Crippen molar-refractivity contribution < 1.29 is 9.53 Å². The van der Waals surface area contributed by atoms with Gasteiger partial charge in [-0.05, 0) is 29.8 Å². The number of hydrogen-bond donors (Lipinski definition) is 1. The summed E-state index contributed by atoms with van der Waals surface area (Å²) in [6, 6.07) is 11.1. The first-order chi connectivity index (χ1) is 11.2. The van der Waals surface area contributed by atoms with E-state index in [1.165, 1.54) is 0 Å². The molecule has 1 aliphatic heterocycles. The highest BCUT2D eigenvalue weighted by Gasteiger charge is 2.13. The van der Waals surface area contributed by atoms with Gasteiger partial charge in [-0.3, -0.25) is 4.79 Å². The van der Waals surface area contributed by atoms with E-state index in [0.29, 0.717) is 30.3 Å². The van der Waals surface area contributed by atoms with Crippen molar-refractivity contribution in [3.63, 3.8) is 0 Å². The average molecular weight is 332 g/mol. The van der Waals surface area contributed by atoms with Crippen LogP contribution in [-0.4, -0.2) is 37.2 Å². The molecule has 23 heavy (non-hydrogen) atoms. The van der Waals surface area contributed by atoms with Gasteiger partial charge in [-0.25, -0.2) is 4.98 Å². The number of halogens is 1. The Kier molecular flexibility index (Phi) is 5.10. The van der Waals surface area contributed by atoms with E-state index >= 15 is 0 Å². The maximum Gasteiger partial charge on any atom is 0.253 e. The summed E-state index contributed by atoms with van der Waals surface area (Å²) in [6.07, 6.45) is 1.61. The quantitative estimate of drug-likeness (QED) is 0.935. The van der Waals surface area contributed by atoms with Crippen molar-refractivity contribution in [3.8, 4) is 0 Å². The molecule has 0 atom stereocenters. The van der Waals surface area contributed by atoms with Crippen LogP contribution in [0.3, 0.4) is 0 Å². The fourth-order valence-electron chi connectivity index (χ4n) is 2.43. The number of rotatable bonds is 4. The van der Waals surface area contributed by atoms with Crippen LogP contribution >= 0.6 is 11.6 Å². The number of ether oxygens (including phenoxy) is 1. The van der Waals surface area contributed by atoms with Gasteiger partial charge in [-0.1, -0.05) is 23.7 Å². The molecule has 0 spiro atoms. The van der Waals surface area contributed by atoms with Gasteiger partial charge in [0, 0.05) is 30.9 Å². The molecule has 1 N–H and O–H groups in total. The van der Waals surface area contributed by atoms with Gasteiger partial charge in [0.25, 0.3) is 5.91 Å². The van der Waals surface area contributed by atoms with E-state index in [1.807, 2.05) is 24.3 Å². The summed E-state index contributed by atoms with van der Waals surface area (Å²) in [7, 11) is 0. The second-order valence-corrected chi connectivity index (χ2v) is 5.75. The number of pyridine rings is 1. The number of morpholine rings is 1. The molecule has 0 radical (unpaired) electrons. The Balaban J connectivity index is 1.59. The molecule has 6 heteroatoms. The molecule has 1 saturated heterocycles. The number of carbonyl (C=O) groups excluding carboxylic acids is 1. The lowest BCUT2D eigenvalue weighted by molar-refractivity contribution is 0.0950. The smallest absolute Gasteiger partial charge is 0.253 e. The Morgan fingerprint density at radius 3 is 2.78 bits per heavy atom. The average Bonchev–Trinajstić information content (AvgIpc) is 2.61. The summed E-state index contributed by atoms with van der Waals surface area (Å²) < 4.78 is 5.32. The van der Waals surface area contributed by atoms with Gasteiger partial charge in [0.05, 0.1) is 18.8 Å². The standard InChI is InChI=1S/C17H18ClN3O2/c18-15-3-1-2-13(10-15)11-20-17(22)14-4-5-16(19-12-14)21-6-8-23-9-7-21/h1-5,10,12H,6-9,11H2,(H,20,22). The van der Waals surface area contributed by atoms with Gasteiger partial charge in [-0.15, -0.1) is 0 Å². The molecular weight excluding hydrogens is 314 g/mol. The summed E-state index contributed by atoms with van der Waals surface area (Å²) in [4.78, 5) is 18.7.